The van der Waals surface area contributed by atoms with Gasteiger partial charge >= 0.3 is 0 Å². The van der Waals surface area contributed by atoms with Crippen LogP contribution in [0.25, 0.3) is 4.96 Å². The van der Waals surface area contributed by atoms with Crippen molar-refractivity contribution in [3.8, 4) is 0 Å². The zero-order valence-corrected chi connectivity index (χ0v) is 11.9. The van der Waals surface area contributed by atoms with Crippen LogP contribution in [-0.2, 0) is 10.0 Å². The van der Waals surface area contributed by atoms with E-state index in [1.807, 2.05) is 0 Å². The Bertz CT molecular complexity index is 839. The highest BCUT2D eigenvalue weighted by Gasteiger charge is 2.25. The fourth-order valence-electron chi connectivity index (χ4n) is 1.74. The summed E-state index contributed by atoms with van der Waals surface area (Å²) >= 11 is 1.36. The van der Waals surface area contributed by atoms with Gasteiger partial charge in [-0.15, -0.1) is 11.3 Å². The van der Waals surface area contributed by atoms with Gasteiger partial charge in [0.2, 0.25) is 5.03 Å². The quantitative estimate of drug-likeness (QED) is 0.746. The van der Waals surface area contributed by atoms with Crippen molar-refractivity contribution in [1.29, 1.82) is 0 Å². The Morgan fingerprint density at radius 3 is 2.75 bits per heavy atom. The Morgan fingerprint density at radius 2 is 2.05 bits per heavy atom. The van der Waals surface area contributed by atoms with E-state index in [9.17, 15) is 8.42 Å². The highest BCUT2D eigenvalue weighted by Crippen LogP contribution is 2.26. The third-order valence-electron chi connectivity index (χ3n) is 2.52. The number of imidazole rings is 1. The SMILES string of the molecule is CNc1nc2sccn2c1S(=O)(=O)Nc1cncnc1. The van der Waals surface area contributed by atoms with Crippen molar-refractivity contribution in [3.05, 3.63) is 30.3 Å². The Kier molecular flexibility index (Phi) is 3.03. The summed E-state index contributed by atoms with van der Waals surface area (Å²) < 4.78 is 28.9. The number of thiazole rings is 1. The van der Waals surface area contributed by atoms with Crippen LogP contribution in [0.5, 0.6) is 0 Å². The summed E-state index contributed by atoms with van der Waals surface area (Å²) in [5.41, 5.74) is 0.291. The van der Waals surface area contributed by atoms with Gasteiger partial charge in [-0.05, 0) is 0 Å². The molecule has 0 unspecified atom stereocenters. The first-order chi connectivity index (χ1) is 9.62. The minimum atomic E-state index is -3.79. The lowest BCUT2D eigenvalue weighted by Crippen LogP contribution is -2.16. The Morgan fingerprint density at radius 1 is 1.30 bits per heavy atom. The van der Waals surface area contributed by atoms with Crippen LogP contribution in [-0.4, -0.2) is 34.8 Å². The minimum absolute atomic E-state index is 0.0557. The number of fused-ring (bicyclic) bond motifs is 1. The topological polar surface area (TPSA) is 101 Å². The van der Waals surface area contributed by atoms with Crippen molar-refractivity contribution >= 4 is 37.8 Å². The van der Waals surface area contributed by atoms with Crippen LogP contribution in [0.1, 0.15) is 0 Å². The summed E-state index contributed by atoms with van der Waals surface area (Å²) in [5.74, 6) is 0.293. The number of sulfonamides is 1. The van der Waals surface area contributed by atoms with Gasteiger partial charge in [0.05, 0.1) is 18.1 Å². The summed E-state index contributed by atoms with van der Waals surface area (Å²) in [6.07, 6.45) is 5.75. The molecule has 3 aromatic heterocycles. The van der Waals surface area contributed by atoms with Crippen LogP contribution in [0.4, 0.5) is 11.5 Å². The Labute approximate surface area is 118 Å². The summed E-state index contributed by atoms with van der Waals surface area (Å²) in [4.78, 5) is 12.4. The average Bonchev–Trinajstić information content (AvgIpc) is 2.98. The highest BCUT2D eigenvalue weighted by atomic mass is 32.2. The standard InChI is InChI=1S/C10H10N6O2S2/c1-11-8-9(16-2-3-19-10(16)14-8)20(17,18)15-7-4-12-6-13-5-7/h2-6,11,15H,1H3. The molecule has 0 spiro atoms. The predicted molar refractivity (Wildman–Crippen MR) is 75.5 cm³/mol. The van der Waals surface area contributed by atoms with Gasteiger partial charge < -0.3 is 5.32 Å². The van der Waals surface area contributed by atoms with Crippen LogP contribution < -0.4 is 10.0 Å². The van der Waals surface area contributed by atoms with Gasteiger partial charge in [0.1, 0.15) is 6.33 Å². The van der Waals surface area contributed by atoms with Crippen molar-refractivity contribution < 1.29 is 8.42 Å². The number of nitrogens with one attached hydrogen (secondary N) is 2. The van der Waals surface area contributed by atoms with E-state index in [4.69, 9.17) is 0 Å². The maximum atomic E-state index is 12.5. The highest BCUT2D eigenvalue weighted by molar-refractivity contribution is 7.92. The van der Waals surface area contributed by atoms with Crippen molar-refractivity contribution in [2.24, 2.45) is 0 Å². The largest absolute Gasteiger partial charge is 0.371 e. The number of anilines is 2. The molecule has 0 radical (unpaired) electrons. The Balaban J connectivity index is 2.11. The molecule has 3 aromatic rings. The molecule has 20 heavy (non-hydrogen) atoms. The molecule has 0 saturated heterocycles. The molecule has 3 heterocycles. The van der Waals surface area contributed by atoms with Crippen LogP contribution >= 0.6 is 11.3 Å². The van der Waals surface area contributed by atoms with E-state index in [0.29, 0.717) is 16.5 Å². The van der Waals surface area contributed by atoms with Gasteiger partial charge in [0.25, 0.3) is 10.0 Å². The normalized spacial score (nSPS) is 11.7. The second-order valence-corrected chi connectivity index (χ2v) is 6.27. The second kappa shape index (κ2) is 4.72. The number of hydrogen-bond acceptors (Lipinski definition) is 7. The smallest absolute Gasteiger partial charge is 0.281 e. The van der Waals surface area contributed by atoms with Crippen LogP contribution in [0.15, 0.2) is 35.3 Å². The molecule has 0 aliphatic rings. The van der Waals surface area contributed by atoms with E-state index < -0.39 is 10.0 Å². The molecule has 3 rings (SSSR count). The number of hydrogen-bond donors (Lipinski definition) is 2. The molecule has 104 valence electrons. The molecule has 0 bridgehead atoms. The summed E-state index contributed by atoms with van der Waals surface area (Å²) in [7, 11) is -2.17. The van der Waals surface area contributed by atoms with E-state index in [1.54, 1.807) is 18.6 Å². The lowest BCUT2D eigenvalue weighted by molar-refractivity contribution is 0.597. The molecule has 2 N–H and O–H groups in total. The Hall–Kier alpha value is -2.20. The van der Waals surface area contributed by atoms with E-state index in [1.165, 1.54) is 34.5 Å². The van der Waals surface area contributed by atoms with E-state index in [0.717, 1.165) is 0 Å². The molecule has 0 aliphatic heterocycles. The zero-order chi connectivity index (χ0) is 14.2. The van der Waals surface area contributed by atoms with E-state index in [-0.39, 0.29) is 5.03 Å². The zero-order valence-electron chi connectivity index (χ0n) is 10.3. The molecule has 0 amide bonds. The van der Waals surface area contributed by atoms with Crippen molar-refractivity contribution in [1.82, 2.24) is 19.4 Å². The van der Waals surface area contributed by atoms with Gasteiger partial charge in [0, 0.05) is 18.6 Å². The molecule has 0 aliphatic carbocycles. The summed E-state index contributed by atoms with van der Waals surface area (Å²) in [6.45, 7) is 0. The van der Waals surface area contributed by atoms with Crippen molar-refractivity contribution in [2.45, 2.75) is 5.03 Å². The molecule has 0 atom stereocenters. The lowest BCUT2D eigenvalue weighted by Gasteiger charge is -2.07. The van der Waals surface area contributed by atoms with E-state index >= 15 is 0 Å². The first kappa shape index (κ1) is 12.8. The molecule has 0 aromatic carbocycles. The molecule has 0 fully saturated rings. The van der Waals surface area contributed by atoms with Crippen molar-refractivity contribution in [3.63, 3.8) is 0 Å². The number of rotatable bonds is 4. The third-order valence-corrected chi connectivity index (χ3v) is 4.68. The first-order valence-corrected chi connectivity index (χ1v) is 7.89. The fourth-order valence-corrected chi connectivity index (χ4v) is 3.83. The van der Waals surface area contributed by atoms with E-state index in [2.05, 4.69) is 25.0 Å². The maximum absolute atomic E-state index is 12.5. The van der Waals surface area contributed by atoms with Crippen molar-refractivity contribution in [2.75, 3.05) is 17.1 Å². The molecule has 8 nitrogen and oxygen atoms in total. The predicted octanol–water partition coefficient (Wildman–Crippen LogP) is 1.03. The number of aromatic nitrogens is 4. The van der Waals surface area contributed by atoms with Crippen LogP contribution in [0, 0.1) is 0 Å². The van der Waals surface area contributed by atoms with Gasteiger partial charge in [-0.2, -0.15) is 8.42 Å². The van der Waals surface area contributed by atoms with Gasteiger partial charge in [-0.3, -0.25) is 9.12 Å². The van der Waals surface area contributed by atoms with Crippen LogP contribution in [0.3, 0.4) is 0 Å². The first-order valence-electron chi connectivity index (χ1n) is 5.53. The third kappa shape index (κ3) is 2.08. The second-order valence-electron chi connectivity index (χ2n) is 3.80. The molecular formula is C10H10N6O2S2. The van der Waals surface area contributed by atoms with Gasteiger partial charge in [0.15, 0.2) is 10.8 Å². The maximum Gasteiger partial charge on any atom is 0.281 e. The summed E-state index contributed by atoms with van der Waals surface area (Å²) in [5, 5.41) is 4.61. The number of nitrogens with zero attached hydrogens (tertiary/aromatic N) is 4. The average molecular weight is 310 g/mol. The summed E-state index contributed by atoms with van der Waals surface area (Å²) in [6, 6.07) is 0. The monoisotopic (exact) mass is 310 g/mol. The molecular weight excluding hydrogens is 300 g/mol. The lowest BCUT2D eigenvalue weighted by atomic mass is 10.6. The van der Waals surface area contributed by atoms with Gasteiger partial charge in [-0.1, -0.05) is 0 Å². The fraction of sp³-hybridized carbons (Fsp3) is 0.100. The van der Waals surface area contributed by atoms with Crippen LogP contribution in [0.2, 0.25) is 0 Å². The molecule has 0 saturated carbocycles. The van der Waals surface area contributed by atoms with Gasteiger partial charge in [-0.25, -0.2) is 15.0 Å². The molecule has 10 heteroatoms. The minimum Gasteiger partial charge on any atom is -0.371 e.